The molecule has 0 unspecified atom stereocenters. The van der Waals surface area contributed by atoms with E-state index in [4.69, 9.17) is 10.00 Å². The number of hydrogen-bond donors (Lipinski definition) is 1. The number of nitrogens with one attached hydrogen (secondary N) is 1. The van der Waals surface area contributed by atoms with Gasteiger partial charge in [0.25, 0.3) is 0 Å². The first kappa shape index (κ1) is 11.9. The van der Waals surface area contributed by atoms with E-state index in [1.807, 2.05) is 6.07 Å². The second-order valence-corrected chi connectivity index (χ2v) is 3.51. The zero-order valence-corrected chi connectivity index (χ0v) is 9.64. The number of halogens is 1. The van der Waals surface area contributed by atoms with Gasteiger partial charge in [0.1, 0.15) is 6.07 Å². The van der Waals surface area contributed by atoms with Crippen LogP contribution in [0, 0.1) is 17.1 Å². The fourth-order valence-electron chi connectivity index (χ4n) is 1.48. The number of nitrogens with zero attached hydrogens (tertiary/aromatic N) is 2. The molecule has 2 aromatic rings. The molecule has 0 bridgehead atoms. The molecule has 0 atom stereocenters. The van der Waals surface area contributed by atoms with Gasteiger partial charge in [-0.2, -0.15) is 5.26 Å². The molecule has 0 saturated carbocycles. The number of benzene rings is 1. The first-order valence-corrected chi connectivity index (χ1v) is 5.19. The third kappa shape index (κ3) is 2.38. The fraction of sp³-hybridized carbons (Fsp3) is 0.0769. The Morgan fingerprint density at radius 3 is 2.94 bits per heavy atom. The Hall–Kier alpha value is -2.61. The third-order valence-electron chi connectivity index (χ3n) is 2.37. The molecule has 0 spiro atoms. The summed E-state index contributed by atoms with van der Waals surface area (Å²) in [5.74, 6) is -0.294. The second-order valence-electron chi connectivity index (χ2n) is 3.51. The number of pyridine rings is 1. The van der Waals surface area contributed by atoms with Gasteiger partial charge in [0, 0.05) is 18.0 Å². The first-order valence-electron chi connectivity index (χ1n) is 5.19. The maximum Gasteiger partial charge on any atom is 0.165 e. The van der Waals surface area contributed by atoms with Crippen LogP contribution < -0.4 is 10.1 Å². The Morgan fingerprint density at radius 1 is 1.39 bits per heavy atom. The van der Waals surface area contributed by atoms with Crippen LogP contribution >= 0.6 is 0 Å². The molecule has 0 aliphatic heterocycles. The Bertz CT molecular complexity index is 607. The van der Waals surface area contributed by atoms with Crippen molar-refractivity contribution in [3.05, 3.63) is 48.0 Å². The van der Waals surface area contributed by atoms with E-state index < -0.39 is 5.82 Å². The molecule has 1 aromatic heterocycles. The summed E-state index contributed by atoms with van der Waals surface area (Å²) in [7, 11) is 1.40. The van der Waals surface area contributed by atoms with E-state index in [1.54, 1.807) is 12.1 Å². The van der Waals surface area contributed by atoms with E-state index in [0.29, 0.717) is 16.9 Å². The summed E-state index contributed by atoms with van der Waals surface area (Å²) in [6, 6.07) is 8.02. The summed E-state index contributed by atoms with van der Waals surface area (Å²) in [6.45, 7) is 0. The zero-order valence-electron chi connectivity index (χ0n) is 9.64. The summed E-state index contributed by atoms with van der Waals surface area (Å²) in [5.41, 5.74) is 1.65. The van der Waals surface area contributed by atoms with Gasteiger partial charge >= 0.3 is 0 Å². The van der Waals surface area contributed by atoms with Crippen molar-refractivity contribution in [2.45, 2.75) is 0 Å². The van der Waals surface area contributed by atoms with Gasteiger partial charge in [-0.15, -0.1) is 0 Å². The summed E-state index contributed by atoms with van der Waals surface area (Å²) in [6.07, 6.45) is 3.07. The van der Waals surface area contributed by atoms with Gasteiger partial charge in [-0.25, -0.2) is 4.39 Å². The number of rotatable bonds is 3. The number of ether oxygens (including phenoxy) is 1. The normalized spacial score (nSPS) is 9.61. The Labute approximate surface area is 104 Å². The van der Waals surface area contributed by atoms with E-state index in [0.717, 1.165) is 0 Å². The van der Waals surface area contributed by atoms with Gasteiger partial charge in [-0.3, -0.25) is 4.98 Å². The van der Waals surface area contributed by atoms with Crippen molar-refractivity contribution in [2.24, 2.45) is 0 Å². The molecule has 0 fully saturated rings. The lowest BCUT2D eigenvalue weighted by Gasteiger charge is -2.09. The van der Waals surface area contributed by atoms with E-state index in [1.165, 1.54) is 31.6 Å². The molecule has 0 amide bonds. The monoisotopic (exact) mass is 243 g/mol. The van der Waals surface area contributed by atoms with Crippen LogP contribution in [-0.2, 0) is 0 Å². The average molecular weight is 243 g/mol. The van der Waals surface area contributed by atoms with Crippen molar-refractivity contribution in [3.8, 4) is 11.8 Å². The van der Waals surface area contributed by atoms with Gasteiger partial charge < -0.3 is 10.1 Å². The number of methoxy groups -OCH3 is 1. The lowest BCUT2D eigenvalue weighted by molar-refractivity contribution is 0.387. The molecule has 1 N–H and O–H groups in total. The molecule has 5 heteroatoms. The van der Waals surface area contributed by atoms with Crippen LogP contribution in [0.3, 0.4) is 0 Å². The summed E-state index contributed by atoms with van der Waals surface area (Å²) >= 11 is 0. The molecule has 0 saturated heterocycles. The Morgan fingerprint density at radius 2 is 2.22 bits per heavy atom. The van der Waals surface area contributed by atoms with E-state index in [2.05, 4.69) is 10.3 Å². The molecule has 1 heterocycles. The van der Waals surface area contributed by atoms with Crippen LogP contribution in [0.5, 0.6) is 5.75 Å². The van der Waals surface area contributed by atoms with Crippen LogP contribution in [0.1, 0.15) is 5.56 Å². The number of anilines is 2. The zero-order chi connectivity index (χ0) is 13.0. The smallest absolute Gasteiger partial charge is 0.165 e. The molecule has 4 nitrogen and oxygen atoms in total. The van der Waals surface area contributed by atoms with E-state index in [-0.39, 0.29) is 5.75 Å². The highest BCUT2D eigenvalue weighted by Gasteiger charge is 2.06. The molecule has 2 rings (SSSR count). The standard InChI is InChI=1S/C13H10FN3O/c1-18-13-6-10(2-3-11(13)14)17-12-8-16-5-4-9(12)7-15/h2-6,8,17H,1H3. The van der Waals surface area contributed by atoms with Gasteiger partial charge in [-0.1, -0.05) is 0 Å². The average Bonchev–Trinajstić information content (AvgIpc) is 2.41. The van der Waals surface area contributed by atoms with Crippen LogP contribution in [0.2, 0.25) is 0 Å². The largest absolute Gasteiger partial charge is 0.494 e. The predicted molar refractivity (Wildman–Crippen MR) is 65.2 cm³/mol. The minimum atomic E-state index is -0.435. The van der Waals surface area contributed by atoms with Crippen molar-refractivity contribution in [3.63, 3.8) is 0 Å². The summed E-state index contributed by atoms with van der Waals surface area (Å²) in [5, 5.41) is 11.9. The highest BCUT2D eigenvalue weighted by Crippen LogP contribution is 2.25. The van der Waals surface area contributed by atoms with Crippen molar-refractivity contribution in [1.82, 2.24) is 4.98 Å². The molecular formula is C13H10FN3O. The molecule has 0 aliphatic carbocycles. The van der Waals surface area contributed by atoms with Gasteiger partial charge in [0.05, 0.1) is 24.6 Å². The summed E-state index contributed by atoms with van der Waals surface area (Å²) < 4.78 is 18.1. The third-order valence-corrected chi connectivity index (χ3v) is 2.37. The van der Waals surface area contributed by atoms with Gasteiger partial charge in [0.2, 0.25) is 0 Å². The minimum absolute atomic E-state index is 0.141. The maximum absolute atomic E-state index is 13.2. The highest BCUT2D eigenvalue weighted by molar-refractivity contribution is 5.66. The topological polar surface area (TPSA) is 57.9 Å². The molecule has 18 heavy (non-hydrogen) atoms. The molecule has 1 aromatic carbocycles. The van der Waals surface area contributed by atoms with Crippen LogP contribution in [-0.4, -0.2) is 12.1 Å². The van der Waals surface area contributed by atoms with E-state index in [9.17, 15) is 4.39 Å². The molecule has 0 radical (unpaired) electrons. The second kappa shape index (κ2) is 5.15. The van der Waals surface area contributed by atoms with Crippen molar-refractivity contribution < 1.29 is 9.13 Å². The molecule has 90 valence electrons. The Kier molecular flexibility index (Phi) is 3.39. The summed E-state index contributed by atoms with van der Waals surface area (Å²) in [4.78, 5) is 3.93. The molecule has 0 aliphatic rings. The van der Waals surface area contributed by atoms with Crippen LogP contribution in [0.15, 0.2) is 36.7 Å². The first-order chi connectivity index (χ1) is 8.74. The predicted octanol–water partition coefficient (Wildman–Crippen LogP) is 2.84. The van der Waals surface area contributed by atoms with Crippen molar-refractivity contribution in [1.29, 1.82) is 5.26 Å². The SMILES string of the molecule is COc1cc(Nc2cnccc2C#N)ccc1F. The number of nitriles is 1. The Balaban J connectivity index is 2.32. The van der Waals surface area contributed by atoms with Gasteiger partial charge in [-0.05, 0) is 18.2 Å². The van der Waals surface area contributed by atoms with Crippen molar-refractivity contribution >= 4 is 11.4 Å². The minimum Gasteiger partial charge on any atom is -0.494 e. The quantitative estimate of drug-likeness (QED) is 0.900. The van der Waals surface area contributed by atoms with Crippen molar-refractivity contribution in [2.75, 3.05) is 12.4 Å². The maximum atomic E-state index is 13.2. The van der Waals surface area contributed by atoms with E-state index >= 15 is 0 Å². The highest BCUT2D eigenvalue weighted by atomic mass is 19.1. The lowest BCUT2D eigenvalue weighted by atomic mass is 10.2. The number of hydrogen-bond acceptors (Lipinski definition) is 4. The lowest BCUT2D eigenvalue weighted by Crippen LogP contribution is -1.96. The van der Waals surface area contributed by atoms with Gasteiger partial charge in [0.15, 0.2) is 11.6 Å². The fourth-order valence-corrected chi connectivity index (χ4v) is 1.48. The van der Waals surface area contributed by atoms with Crippen LogP contribution in [0.4, 0.5) is 15.8 Å². The van der Waals surface area contributed by atoms with Crippen LogP contribution in [0.25, 0.3) is 0 Å². The molecular weight excluding hydrogens is 233 g/mol. The number of aromatic nitrogens is 1.